The number of hydrogen-bond acceptors (Lipinski definition) is 6. The third-order valence-corrected chi connectivity index (χ3v) is 7.06. The zero-order chi connectivity index (χ0) is 23.4. The highest BCUT2D eigenvalue weighted by atomic mass is 32.2. The van der Waals surface area contributed by atoms with E-state index in [1.165, 1.54) is 32.4 Å². The number of carbonyl (C=O) groups is 2. The second-order valence-electron chi connectivity index (χ2n) is 7.93. The molecule has 9 heteroatoms. The van der Waals surface area contributed by atoms with E-state index in [0.717, 1.165) is 24.8 Å². The SMILES string of the molecule is COC(=O)C1(NC(=O)c2ccc(OC)c(S(=O)(=O)Nc3ccc(C)cc3)c2)CCCCC1. The Morgan fingerprint density at radius 2 is 1.62 bits per heavy atom. The van der Waals surface area contributed by atoms with E-state index in [2.05, 4.69) is 10.0 Å². The van der Waals surface area contributed by atoms with E-state index in [-0.39, 0.29) is 16.2 Å². The van der Waals surface area contributed by atoms with Gasteiger partial charge in [0.05, 0.1) is 14.2 Å². The molecule has 0 spiro atoms. The van der Waals surface area contributed by atoms with Crippen LogP contribution in [0.3, 0.4) is 0 Å². The van der Waals surface area contributed by atoms with E-state index in [1.807, 2.05) is 6.92 Å². The minimum atomic E-state index is -4.04. The Labute approximate surface area is 188 Å². The molecule has 0 unspecified atom stereocenters. The third kappa shape index (κ3) is 5.04. The quantitative estimate of drug-likeness (QED) is 0.613. The number of hydrogen-bond donors (Lipinski definition) is 2. The lowest BCUT2D eigenvalue weighted by atomic mass is 9.81. The van der Waals surface area contributed by atoms with Crippen LogP contribution in [0.25, 0.3) is 0 Å². The average Bonchev–Trinajstić information content (AvgIpc) is 2.80. The Morgan fingerprint density at radius 1 is 0.969 bits per heavy atom. The highest BCUT2D eigenvalue weighted by Crippen LogP contribution is 2.31. The second-order valence-corrected chi connectivity index (χ2v) is 9.58. The first-order valence-electron chi connectivity index (χ1n) is 10.4. The summed E-state index contributed by atoms with van der Waals surface area (Å²) in [5.41, 5.74) is 0.373. The van der Waals surface area contributed by atoms with Crippen molar-refractivity contribution in [1.29, 1.82) is 0 Å². The lowest BCUT2D eigenvalue weighted by Crippen LogP contribution is -2.56. The topological polar surface area (TPSA) is 111 Å². The highest BCUT2D eigenvalue weighted by molar-refractivity contribution is 7.92. The van der Waals surface area contributed by atoms with Crippen molar-refractivity contribution in [3.8, 4) is 5.75 Å². The summed E-state index contributed by atoms with van der Waals surface area (Å²) in [6, 6.07) is 11.0. The molecule has 0 heterocycles. The van der Waals surface area contributed by atoms with Crippen LogP contribution in [-0.4, -0.2) is 40.1 Å². The number of esters is 1. The van der Waals surface area contributed by atoms with Gasteiger partial charge >= 0.3 is 5.97 Å². The molecule has 2 aromatic rings. The van der Waals surface area contributed by atoms with Gasteiger partial charge in [0.2, 0.25) is 0 Å². The molecular formula is C23H28N2O6S. The van der Waals surface area contributed by atoms with E-state index >= 15 is 0 Å². The predicted octanol–water partition coefficient (Wildman–Crippen LogP) is 3.41. The number of aryl methyl sites for hydroxylation is 1. The normalized spacial score (nSPS) is 15.5. The number of rotatable bonds is 7. The van der Waals surface area contributed by atoms with Crippen LogP contribution in [0.1, 0.15) is 48.0 Å². The van der Waals surface area contributed by atoms with Crippen LogP contribution in [-0.2, 0) is 19.6 Å². The second kappa shape index (κ2) is 9.60. The number of amides is 1. The summed E-state index contributed by atoms with van der Waals surface area (Å²) < 4.78 is 38.8. The maximum atomic E-state index is 13.1. The molecule has 0 bridgehead atoms. The monoisotopic (exact) mass is 460 g/mol. The van der Waals surface area contributed by atoms with Gasteiger partial charge < -0.3 is 14.8 Å². The maximum absolute atomic E-state index is 13.1. The van der Waals surface area contributed by atoms with Crippen LogP contribution in [0.15, 0.2) is 47.4 Å². The van der Waals surface area contributed by atoms with Crippen molar-refractivity contribution in [3.05, 3.63) is 53.6 Å². The number of methoxy groups -OCH3 is 2. The number of nitrogens with one attached hydrogen (secondary N) is 2. The average molecular weight is 461 g/mol. The van der Waals surface area contributed by atoms with Crippen LogP contribution in [0.2, 0.25) is 0 Å². The summed E-state index contributed by atoms with van der Waals surface area (Å²) >= 11 is 0. The van der Waals surface area contributed by atoms with Crippen LogP contribution in [0.5, 0.6) is 5.75 Å². The van der Waals surface area contributed by atoms with Gasteiger partial charge in [-0.25, -0.2) is 13.2 Å². The molecule has 8 nitrogen and oxygen atoms in total. The minimum absolute atomic E-state index is 0.0986. The summed E-state index contributed by atoms with van der Waals surface area (Å²) in [5, 5.41) is 2.80. The lowest BCUT2D eigenvalue weighted by molar-refractivity contribution is -0.149. The van der Waals surface area contributed by atoms with Crippen LogP contribution >= 0.6 is 0 Å². The van der Waals surface area contributed by atoms with E-state index in [9.17, 15) is 18.0 Å². The van der Waals surface area contributed by atoms with Crippen LogP contribution in [0, 0.1) is 6.92 Å². The molecule has 3 rings (SSSR count). The molecule has 1 amide bonds. The smallest absolute Gasteiger partial charge is 0.331 e. The van der Waals surface area contributed by atoms with Crippen molar-refractivity contribution < 1.29 is 27.5 Å². The number of anilines is 1. The Kier molecular flexibility index (Phi) is 7.08. The Bertz CT molecular complexity index is 1090. The lowest BCUT2D eigenvalue weighted by Gasteiger charge is -2.35. The van der Waals surface area contributed by atoms with Crippen molar-refractivity contribution in [1.82, 2.24) is 5.32 Å². The molecule has 172 valence electrons. The first-order valence-corrected chi connectivity index (χ1v) is 11.9. The zero-order valence-electron chi connectivity index (χ0n) is 18.4. The van der Waals surface area contributed by atoms with Gasteiger partial charge in [-0.05, 0) is 50.1 Å². The number of ether oxygens (including phenoxy) is 2. The molecule has 2 N–H and O–H groups in total. The predicted molar refractivity (Wildman–Crippen MR) is 120 cm³/mol. The fourth-order valence-electron chi connectivity index (χ4n) is 3.88. The van der Waals surface area contributed by atoms with Crippen molar-refractivity contribution in [2.24, 2.45) is 0 Å². The standard InChI is InChI=1S/C23H28N2O6S/c1-16-7-10-18(11-8-16)25-32(28,29)20-15-17(9-12-19(20)30-2)21(26)24-23(22(27)31-3)13-5-4-6-14-23/h7-12,15,25H,4-6,13-14H2,1-3H3,(H,24,26). The van der Waals surface area contributed by atoms with E-state index < -0.39 is 27.4 Å². The molecule has 0 radical (unpaired) electrons. The fraction of sp³-hybridized carbons (Fsp3) is 0.391. The molecular weight excluding hydrogens is 432 g/mol. The number of benzene rings is 2. The Balaban J connectivity index is 1.91. The van der Waals surface area contributed by atoms with E-state index in [4.69, 9.17) is 9.47 Å². The van der Waals surface area contributed by atoms with Gasteiger partial charge in [-0.3, -0.25) is 9.52 Å². The Hall–Kier alpha value is -3.07. The van der Waals surface area contributed by atoms with Crippen LogP contribution in [0.4, 0.5) is 5.69 Å². The molecule has 1 saturated carbocycles. The minimum Gasteiger partial charge on any atom is -0.495 e. The first-order chi connectivity index (χ1) is 15.2. The van der Waals surface area contributed by atoms with Crippen molar-refractivity contribution in [3.63, 3.8) is 0 Å². The van der Waals surface area contributed by atoms with E-state index in [0.29, 0.717) is 18.5 Å². The van der Waals surface area contributed by atoms with E-state index in [1.54, 1.807) is 24.3 Å². The summed E-state index contributed by atoms with van der Waals surface area (Å²) in [6.45, 7) is 1.90. The molecule has 0 aliphatic heterocycles. The zero-order valence-corrected chi connectivity index (χ0v) is 19.3. The molecule has 1 aliphatic rings. The number of carbonyl (C=O) groups excluding carboxylic acids is 2. The van der Waals surface area contributed by atoms with Gasteiger partial charge in [-0.2, -0.15) is 0 Å². The van der Waals surface area contributed by atoms with Crippen molar-refractivity contribution in [2.45, 2.75) is 49.5 Å². The first kappa shape index (κ1) is 23.6. The summed E-state index contributed by atoms with van der Waals surface area (Å²) in [7, 11) is -1.39. The maximum Gasteiger partial charge on any atom is 0.331 e. The van der Waals surface area contributed by atoms with Gasteiger partial charge in [0.15, 0.2) is 0 Å². The molecule has 32 heavy (non-hydrogen) atoms. The third-order valence-electron chi connectivity index (χ3n) is 5.66. The summed E-state index contributed by atoms with van der Waals surface area (Å²) in [6.07, 6.45) is 3.50. The van der Waals surface area contributed by atoms with Crippen molar-refractivity contribution in [2.75, 3.05) is 18.9 Å². The summed E-state index contributed by atoms with van der Waals surface area (Å²) in [4.78, 5) is 25.3. The molecule has 0 saturated heterocycles. The molecule has 2 aromatic carbocycles. The van der Waals surface area contributed by atoms with Gasteiger partial charge in [0, 0.05) is 11.3 Å². The highest BCUT2D eigenvalue weighted by Gasteiger charge is 2.42. The largest absolute Gasteiger partial charge is 0.495 e. The van der Waals surface area contributed by atoms with Crippen LogP contribution < -0.4 is 14.8 Å². The molecule has 0 aromatic heterocycles. The molecule has 1 fully saturated rings. The summed E-state index contributed by atoms with van der Waals surface area (Å²) in [5.74, 6) is -0.943. The number of sulfonamides is 1. The fourth-order valence-corrected chi connectivity index (χ4v) is 5.13. The van der Waals surface area contributed by atoms with Gasteiger partial charge in [0.1, 0.15) is 16.2 Å². The van der Waals surface area contributed by atoms with Gasteiger partial charge in [-0.15, -0.1) is 0 Å². The molecule has 0 atom stereocenters. The van der Waals surface area contributed by atoms with Crippen molar-refractivity contribution >= 4 is 27.6 Å². The molecule has 1 aliphatic carbocycles. The van der Waals surface area contributed by atoms with Gasteiger partial charge in [0.25, 0.3) is 15.9 Å². The Morgan fingerprint density at radius 3 is 2.22 bits per heavy atom. The van der Waals surface area contributed by atoms with Gasteiger partial charge in [-0.1, -0.05) is 37.0 Å².